The molecule has 1 amide bonds. The molecular weight excluding hydrogens is 406 g/mol. The number of ether oxygens (including phenoxy) is 1. The number of carbonyl (C=O) groups excluding carboxylic acids is 2. The maximum Gasteiger partial charge on any atom is 0.340 e. The number of hydrogen-bond acceptors (Lipinski definition) is 3. The maximum atomic E-state index is 13.3. The van der Waals surface area contributed by atoms with Crippen molar-refractivity contribution >= 4 is 39.6 Å². The van der Waals surface area contributed by atoms with Crippen LogP contribution in [0.15, 0.2) is 63.8 Å². The molecule has 0 radical (unpaired) electrons. The Morgan fingerprint density at radius 3 is 2.33 bits per heavy atom. The number of esters is 1. The third-order valence-electron chi connectivity index (χ3n) is 4.41. The number of amides is 1. The highest BCUT2D eigenvalue weighted by molar-refractivity contribution is 9.10. The maximum absolute atomic E-state index is 13.3. The van der Waals surface area contributed by atoms with E-state index in [4.69, 9.17) is 4.74 Å². The Bertz CT molecular complexity index is 984. The fraction of sp³-hybridized carbons (Fsp3) is 0.182. The van der Waals surface area contributed by atoms with E-state index in [1.54, 1.807) is 17.9 Å². The highest BCUT2D eigenvalue weighted by Gasteiger charge is 2.38. The number of carbonyl (C=O) groups is 2. The molecule has 0 aliphatic carbocycles. The van der Waals surface area contributed by atoms with Crippen molar-refractivity contribution in [2.45, 2.75) is 20.8 Å². The third-order valence-corrected chi connectivity index (χ3v) is 4.91. The molecule has 1 aliphatic rings. The van der Waals surface area contributed by atoms with Crippen molar-refractivity contribution in [1.82, 2.24) is 0 Å². The van der Waals surface area contributed by atoms with E-state index in [-0.39, 0.29) is 5.91 Å². The molecule has 0 spiro atoms. The zero-order valence-electron chi connectivity index (χ0n) is 15.7. The van der Waals surface area contributed by atoms with Crippen molar-refractivity contribution in [3.8, 4) is 0 Å². The van der Waals surface area contributed by atoms with Gasteiger partial charge in [-0.05, 0) is 67.8 Å². The van der Waals surface area contributed by atoms with Gasteiger partial charge in [0.1, 0.15) is 0 Å². The summed E-state index contributed by atoms with van der Waals surface area (Å²) in [5.41, 5.74) is 4.86. The van der Waals surface area contributed by atoms with Crippen LogP contribution in [0.2, 0.25) is 0 Å². The predicted molar refractivity (Wildman–Crippen MR) is 110 cm³/mol. The highest BCUT2D eigenvalue weighted by atomic mass is 79.9. The summed E-state index contributed by atoms with van der Waals surface area (Å²) in [4.78, 5) is 27.3. The standard InChI is InChI=1S/C22H20BrNO3/c1-13-8-14(2)10-18(9-13)24-15(3)20(22(26)27-4)19(21(24)25)12-16-6-5-7-17(23)11-16/h5-12H,1-4H3/b19-12-. The minimum atomic E-state index is -0.519. The minimum Gasteiger partial charge on any atom is -0.465 e. The van der Waals surface area contributed by atoms with Gasteiger partial charge in [0.15, 0.2) is 0 Å². The van der Waals surface area contributed by atoms with Crippen LogP contribution in [0.1, 0.15) is 23.6 Å². The van der Waals surface area contributed by atoms with Crippen LogP contribution in [0.3, 0.4) is 0 Å². The van der Waals surface area contributed by atoms with E-state index in [9.17, 15) is 9.59 Å². The second-order valence-corrected chi connectivity index (χ2v) is 7.47. The molecule has 0 saturated heterocycles. The van der Waals surface area contributed by atoms with E-state index < -0.39 is 5.97 Å². The molecule has 0 bridgehead atoms. The SMILES string of the molecule is COC(=O)C1=C(C)N(c2cc(C)cc(C)c2)C(=O)/C1=C\c1cccc(Br)c1. The molecule has 0 fully saturated rings. The molecule has 4 nitrogen and oxygen atoms in total. The normalized spacial score (nSPS) is 15.7. The van der Waals surface area contributed by atoms with Crippen molar-refractivity contribution in [3.05, 3.63) is 80.5 Å². The molecule has 0 unspecified atom stereocenters. The van der Waals surface area contributed by atoms with E-state index in [0.29, 0.717) is 16.8 Å². The van der Waals surface area contributed by atoms with E-state index >= 15 is 0 Å². The molecule has 5 heteroatoms. The first-order chi connectivity index (χ1) is 12.8. The number of rotatable bonds is 3. The zero-order chi connectivity index (χ0) is 19.7. The fourth-order valence-corrected chi connectivity index (χ4v) is 3.75. The molecule has 3 rings (SSSR count). The number of methoxy groups -OCH3 is 1. The number of halogens is 1. The van der Waals surface area contributed by atoms with Crippen molar-refractivity contribution in [2.24, 2.45) is 0 Å². The second-order valence-electron chi connectivity index (χ2n) is 6.55. The summed E-state index contributed by atoms with van der Waals surface area (Å²) in [5.74, 6) is -0.758. The van der Waals surface area contributed by atoms with Gasteiger partial charge in [0, 0.05) is 15.9 Å². The molecule has 0 N–H and O–H groups in total. The minimum absolute atomic E-state index is 0.238. The molecule has 1 heterocycles. The summed E-state index contributed by atoms with van der Waals surface area (Å²) < 4.78 is 5.85. The summed E-state index contributed by atoms with van der Waals surface area (Å²) in [7, 11) is 1.32. The number of aryl methyl sites for hydroxylation is 2. The summed E-state index contributed by atoms with van der Waals surface area (Å²) in [6.45, 7) is 5.73. The van der Waals surface area contributed by atoms with Crippen LogP contribution in [-0.4, -0.2) is 19.0 Å². The first-order valence-electron chi connectivity index (χ1n) is 8.51. The Morgan fingerprint density at radius 2 is 1.74 bits per heavy atom. The van der Waals surface area contributed by atoms with Crippen LogP contribution in [-0.2, 0) is 14.3 Å². The van der Waals surface area contributed by atoms with E-state index in [0.717, 1.165) is 26.9 Å². The van der Waals surface area contributed by atoms with Crippen LogP contribution in [0.4, 0.5) is 5.69 Å². The van der Waals surface area contributed by atoms with E-state index in [1.165, 1.54) is 7.11 Å². The van der Waals surface area contributed by atoms with Gasteiger partial charge in [-0.1, -0.05) is 34.1 Å². The average Bonchev–Trinajstić information content (AvgIpc) is 2.83. The third kappa shape index (κ3) is 3.74. The lowest BCUT2D eigenvalue weighted by atomic mass is 10.0. The summed E-state index contributed by atoms with van der Waals surface area (Å²) >= 11 is 3.43. The topological polar surface area (TPSA) is 46.6 Å². The number of allylic oxidation sites excluding steroid dienone is 1. The first kappa shape index (κ1) is 19.1. The molecule has 138 valence electrons. The average molecular weight is 426 g/mol. The Morgan fingerprint density at radius 1 is 1.07 bits per heavy atom. The number of nitrogens with zero attached hydrogens (tertiary/aromatic N) is 1. The molecule has 0 saturated carbocycles. The van der Waals surface area contributed by atoms with Gasteiger partial charge in [0.2, 0.25) is 0 Å². The van der Waals surface area contributed by atoms with E-state index in [2.05, 4.69) is 15.9 Å². The summed E-state index contributed by atoms with van der Waals surface area (Å²) in [5, 5.41) is 0. The van der Waals surface area contributed by atoms with Crippen LogP contribution in [0.25, 0.3) is 6.08 Å². The van der Waals surface area contributed by atoms with Crippen LogP contribution in [0, 0.1) is 13.8 Å². The Labute approximate surface area is 167 Å². The summed E-state index contributed by atoms with van der Waals surface area (Å²) in [6.07, 6.45) is 1.73. The number of benzene rings is 2. The Hall–Kier alpha value is -2.66. The van der Waals surface area contributed by atoms with Gasteiger partial charge in [-0.15, -0.1) is 0 Å². The zero-order valence-corrected chi connectivity index (χ0v) is 17.3. The molecule has 2 aromatic carbocycles. The molecule has 27 heavy (non-hydrogen) atoms. The lowest BCUT2D eigenvalue weighted by Gasteiger charge is -2.19. The summed E-state index contributed by atoms with van der Waals surface area (Å²) in [6, 6.07) is 13.5. The fourth-order valence-electron chi connectivity index (χ4n) is 3.33. The molecule has 0 atom stereocenters. The van der Waals surface area contributed by atoms with Crippen LogP contribution >= 0.6 is 15.9 Å². The highest BCUT2D eigenvalue weighted by Crippen LogP contribution is 2.36. The van der Waals surface area contributed by atoms with E-state index in [1.807, 2.05) is 56.3 Å². The molecule has 2 aromatic rings. The van der Waals surface area contributed by atoms with Crippen LogP contribution < -0.4 is 4.90 Å². The lowest BCUT2D eigenvalue weighted by molar-refractivity contribution is -0.136. The van der Waals surface area contributed by atoms with Gasteiger partial charge in [-0.3, -0.25) is 9.69 Å². The smallest absolute Gasteiger partial charge is 0.340 e. The van der Waals surface area contributed by atoms with Gasteiger partial charge in [-0.2, -0.15) is 0 Å². The van der Waals surface area contributed by atoms with Crippen molar-refractivity contribution < 1.29 is 14.3 Å². The van der Waals surface area contributed by atoms with Crippen molar-refractivity contribution in [1.29, 1.82) is 0 Å². The number of anilines is 1. The molecule has 1 aliphatic heterocycles. The van der Waals surface area contributed by atoms with Gasteiger partial charge in [0.05, 0.1) is 18.3 Å². The van der Waals surface area contributed by atoms with Crippen molar-refractivity contribution in [2.75, 3.05) is 12.0 Å². The first-order valence-corrected chi connectivity index (χ1v) is 9.30. The van der Waals surface area contributed by atoms with Gasteiger partial charge in [-0.25, -0.2) is 4.79 Å². The Kier molecular flexibility index (Phi) is 5.33. The van der Waals surface area contributed by atoms with Crippen molar-refractivity contribution in [3.63, 3.8) is 0 Å². The lowest BCUT2D eigenvalue weighted by Crippen LogP contribution is -2.24. The molecule has 0 aromatic heterocycles. The van der Waals surface area contributed by atoms with Gasteiger partial charge >= 0.3 is 5.97 Å². The van der Waals surface area contributed by atoms with Gasteiger partial charge in [0.25, 0.3) is 5.91 Å². The monoisotopic (exact) mass is 425 g/mol. The number of hydrogen-bond donors (Lipinski definition) is 0. The Balaban J connectivity index is 2.17. The van der Waals surface area contributed by atoms with Gasteiger partial charge < -0.3 is 4.74 Å². The molecular formula is C22H20BrNO3. The quantitative estimate of drug-likeness (QED) is 0.516. The van der Waals surface area contributed by atoms with Crippen LogP contribution in [0.5, 0.6) is 0 Å². The predicted octanol–water partition coefficient (Wildman–Crippen LogP) is 4.94. The largest absolute Gasteiger partial charge is 0.465 e. The second kappa shape index (κ2) is 7.53.